The largest absolute Gasteiger partial charge is 0.396 e. The van der Waals surface area contributed by atoms with Gasteiger partial charge in [0.1, 0.15) is 0 Å². The van der Waals surface area contributed by atoms with E-state index in [0.29, 0.717) is 24.6 Å². The lowest BCUT2D eigenvalue weighted by atomic mass is 9.86. The Morgan fingerprint density at radius 1 is 1.09 bits per heavy atom. The molecule has 1 aromatic rings. The Balaban J connectivity index is 1.37. The van der Waals surface area contributed by atoms with Gasteiger partial charge in [-0.25, -0.2) is 0 Å². The number of likely N-dealkylation sites (tertiary alicyclic amines) is 1. The Hall–Kier alpha value is -0.970. The lowest BCUT2D eigenvalue weighted by Crippen LogP contribution is -2.47. The lowest BCUT2D eigenvalue weighted by Gasteiger charge is -2.36. The van der Waals surface area contributed by atoms with Crippen LogP contribution >= 0.6 is 0 Å². The normalized spacial score (nSPS) is 27.9. The number of pyridine rings is 1. The summed E-state index contributed by atoms with van der Waals surface area (Å²) in [5.41, 5.74) is 1.32. The summed E-state index contributed by atoms with van der Waals surface area (Å²) in [6.45, 7) is 3.76. The SMILES string of the molecule is OCC1CCC(NC2CCN(Cc3cccnc3)CC2)CC1. The summed E-state index contributed by atoms with van der Waals surface area (Å²) in [6.07, 6.45) is 11.2. The van der Waals surface area contributed by atoms with Crippen molar-refractivity contribution in [1.82, 2.24) is 15.2 Å². The second kappa shape index (κ2) is 8.04. The van der Waals surface area contributed by atoms with Crippen LogP contribution in [0.15, 0.2) is 24.5 Å². The van der Waals surface area contributed by atoms with Gasteiger partial charge in [0.15, 0.2) is 0 Å². The van der Waals surface area contributed by atoms with Gasteiger partial charge < -0.3 is 10.4 Å². The van der Waals surface area contributed by atoms with Crippen molar-refractivity contribution in [1.29, 1.82) is 0 Å². The summed E-state index contributed by atoms with van der Waals surface area (Å²) in [7, 11) is 0. The molecule has 1 saturated carbocycles. The van der Waals surface area contributed by atoms with Crippen molar-refractivity contribution in [3.8, 4) is 0 Å². The van der Waals surface area contributed by atoms with Gasteiger partial charge in [0.05, 0.1) is 0 Å². The van der Waals surface area contributed by atoms with Gasteiger partial charge in [-0.05, 0) is 69.2 Å². The molecular formula is C18H29N3O. The van der Waals surface area contributed by atoms with Crippen molar-refractivity contribution >= 4 is 0 Å². The van der Waals surface area contributed by atoms with Crippen molar-refractivity contribution in [3.05, 3.63) is 30.1 Å². The summed E-state index contributed by atoms with van der Waals surface area (Å²) < 4.78 is 0. The molecule has 0 aromatic carbocycles. The Kier molecular flexibility index (Phi) is 5.82. The van der Waals surface area contributed by atoms with Gasteiger partial charge in [-0.15, -0.1) is 0 Å². The molecule has 4 heteroatoms. The van der Waals surface area contributed by atoms with Crippen LogP contribution in [-0.4, -0.2) is 46.8 Å². The standard InChI is InChI=1S/C18H29N3O/c22-14-15-3-5-17(6-4-15)20-18-7-10-21(11-8-18)13-16-2-1-9-19-12-16/h1-2,9,12,15,17-18,20,22H,3-8,10-11,13-14H2. The first-order valence-electron chi connectivity index (χ1n) is 8.81. The zero-order valence-corrected chi connectivity index (χ0v) is 13.5. The molecule has 2 aliphatic rings. The van der Waals surface area contributed by atoms with Gasteiger partial charge in [-0.3, -0.25) is 9.88 Å². The number of hydrogen-bond acceptors (Lipinski definition) is 4. The molecule has 2 N–H and O–H groups in total. The number of aliphatic hydroxyl groups is 1. The molecule has 0 unspecified atom stereocenters. The van der Waals surface area contributed by atoms with Gasteiger partial charge in [0.2, 0.25) is 0 Å². The number of rotatable bonds is 5. The molecule has 0 atom stereocenters. The van der Waals surface area contributed by atoms with E-state index in [9.17, 15) is 5.11 Å². The van der Waals surface area contributed by atoms with Gasteiger partial charge in [-0.2, -0.15) is 0 Å². The van der Waals surface area contributed by atoms with Crippen molar-refractivity contribution in [3.63, 3.8) is 0 Å². The highest BCUT2D eigenvalue weighted by atomic mass is 16.3. The molecule has 122 valence electrons. The number of nitrogens with zero attached hydrogens (tertiary/aromatic N) is 2. The summed E-state index contributed by atoms with van der Waals surface area (Å²) in [5.74, 6) is 0.555. The maximum absolute atomic E-state index is 9.22. The van der Waals surface area contributed by atoms with Crippen LogP contribution in [0, 0.1) is 5.92 Å². The van der Waals surface area contributed by atoms with E-state index in [2.05, 4.69) is 21.3 Å². The fourth-order valence-corrected chi connectivity index (χ4v) is 3.85. The van der Waals surface area contributed by atoms with Gasteiger partial charge >= 0.3 is 0 Å². The second-order valence-electron chi connectivity index (χ2n) is 6.98. The molecule has 0 amide bonds. The molecule has 4 nitrogen and oxygen atoms in total. The Morgan fingerprint density at radius 3 is 2.45 bits per heavy atom. The molecule has 1 aliphatic carbocycles. The molecule has 3 rings (SSSR count). The first-order valence-corrected chi connectivity index (χ1v) is 8.81. The third-order valence-electron chi connectivity index (χ3n) is 5.29. The Bertz CT molecular complexity index is 423. The summed E-state index contributed by atoms with van der Waals surface area (Å²) in [4.78, 5) is 6.74. The molecule has 1 aliphatic heterocycles. The third kappa shape index (κ3) is 4.51. The Labute approximate surface area is 133 Å². The lowest BCUT2D eigenvalue weighted by molar-refractivity contribution is 0.152. The maximum atomic E-state index is 9.22. The van der Waals surface area contributed by atoms with Crippen LogP contribution in [0.5, 0.6) is 0 Å². The molecule has 1 saturated heterocycles. The number of aromatic nitrogens is 1. The summed E-state index contributed by atoms with van der Waals surface area (Å²) >= 11 is 0. The molecule has 0 spiro atoms. The predicted octanol–water partition coefficient (Wildman–Crippen LogP) is 2.19. The fourth-order valence-electron chi connectivity index (χ4n) is 3.85. The molecule has 22 heavy (non-hydrogen) atoms. The van der Waals surface area contributed by atoms with E-state index in [-0.39, 0.29) is 0 Å². The monoisotopic (exact) mass is 303 g/mol. The predicted molar refractivity (Wildman–Crippen MR) is 88.5 cm³/mol. The van der Waals surface area contributed by atoms with Gasteiger partial charge in [0.25, 0.3) is 0 Å². The summed E-state index contributed by atoms with van der Waals surface area (Å²) in [6, 6.07) is 5.54. The van der Waals surface area contributed by atoms with Crippen molar-refractivity contribution in [2.24, 2.45) is 5.92 Å². The number of nitrogens with one attached hydrogen (secondary N) is 1. The fraction of sp³-hybridized carbons (Fsp3) is 0.722. The van der Waals surface area contributed by atoms with Crippen molar-refractivity contribution in [2.75, 3.05) is 19.7 Å². The Morgan fingerprint density at radius 2 is 1.82 bits per heavy atom. The third-order valence-corrected chi connectivity index (χ3v) is 5.29. The topological polar surface area (TPSA) is 48.4 Å². The van der Waals surface area contributed by atoms with Crippen LogP contribution in [0.2, 0.25) is 0 Å². The molecule has 2 fully saturated rings. The minimum absolute atomic E-state index is 0.374. The molecule has 2 heterocycles. The van der Waals surface area contributed by atoms with Crippen LogP contribution in [0.3, 0.4) is 0 Å². The van der Waals surface area contributed by atoms with E-state index in [1.807, 2.05) is 18.5 Å². The van der Waals surface area contributed by atoms with E-state index >= 15 is 0 Å². The number of piperidine rings is 1. The molecular weight excluding hydrogens is 274 g/mol. The van der Waals surface area contributed by atoms with Crippen LogP contribution in [-0.2, 0) is 6.54 Å². The zero-order valence-electron chi connectivity index (χ0n) is 13.5. The average Bonchev–Trinajstić information content (AvgIpc) is 2.58. The van der Waals surface area contributed by atoms with E-state index in [0.717, 1.165) is 6.54 Å². The average molecular weight is 303 g/mol. The van der Waals surface area contributed by atoms with Gasteiger partial charge in [0, 0.05) is 37.6 Å². The highest BCUT2D eigenvalue weighted by Gasteiger charge is 2.25. The summed E-state index contributed by atoms with van der Waals surface area (Å²) in [5, 5.41) is 13.1. The van der Waals surface area contributed by atoms with Crippen molar-refractivity contribution < 1.29 is 5.11 Å². The van der Waals surface area contributed by atoms with E-state index in [1.165, 1.54) is 57.2 Å². The van der Waals surface area contributed by atoms with Crippen LogP contribution in [0.4, 0.5) is 0 Å². The maximum Gasteiger partial charge on any atom is 0.0459 e. The number of hydrogen-bond donors (Lipinski definition) is 2. The molecule has 0 bridgehead atoms. The minimum atomic E-state index is 0.374. The smallest absolute Gasteiger partial charge is 0.0459 e. The quantitative estimate of drug-likeness (QED) is 0.875. The van der Waals surface area contributed by atoms with Crippen LogP contribution < -0.4 is 5.32 Å². The van der Waals surface area contributed by atoms with Gasteiger partial charge in [-0.1, -0.05) is 6.07 Å². The highest BCUT2D eigenvalue weighted by molar-refractivity contribution is 5.08. The van der Waals surface area contributed by atoms with E-state index < -0.39 is 0 Å². The molecule has 1 aromatic heterocycles. The first kappa shape index (κ1) is 15.9. The first-order chi connectivity index (χ1) is 10.8. The minimum Gasteiger partial charge on any atom is -0.396 e. The van der Waals surface area contributed by atoms with Crippen molar-refractivity contribution in [2.45, 2.75) is 57.2 Å². The van der Waals surface area contributed by atoms with Crippen LogP contribution in [0.1, 0.15) is 44.1 Å². The van der Waals surface area contributed by atoms with E-state index in [1.54, 1.807) is 0 Å². The number of aliphatic hydroxyl groups excluding tert-OH is 1. The highest BCUT2D eigenvalue weighted by Crippen LogP contribution is 2.25. The van der Waals surface area contributed by atoms with E-state index in [4.69, 9.17) is 0 Å². The molecule has 0 radical (unpaired) electrons. The van der Waals surface area contributed by atoms with Crippen LogP contribution in [0.25, 0.3) is 0 Å². The zero-order chi connectivity index (χ0) is 15.2. The second-order valence-corrected chi connectivity index (χ2v) is 6.98.